The van der Waals surface area contributed by atoms with Gasteiger partial charge in [0, 0.05) is 75.1 Å². The Hall–Kier alpha value is -9.27. The van der Waals surface area contributed by atoms with Crippen LogP contribution in [0.5, 0.6) is 0 Å². The van der Waals surface area contributed by atoms with E-state index in [1.165, 1.54) is 130 Å². The van der Waals surface area contributed by atoms with E-state index in [0.717, 1.165) is 0 Å². The fourth-order valence-corrected chi connectivity index (χ4v) is 10.2. The fraction of sp³-hybridized carbons (Fsp3) is 0.152. The number of anilines is 6. The molecule has 0 aliphatic carbocycles. The lowest BCUT2D eigenvalue weighted by Gasteiger charge is -2.13. The highest BCUT2D eigenvalue weighted by Gasteiger charge is 2.19. The van der Waals surface area contributed by atoms with E-state index in [0.29, 0.717) is 117 Å². The number of aldehydes is 1. The smallest absolute Gasteiger partial charge is 0.343 e. The van der Waals surface area contributed by atoms with Crippen molar-refractivity contribution in [1.29, 1.82) is 0 Å². The van der Waals surface area contributed by atoms with Gasteiger partial charge in [0.25, 0.3) is 5.56 Å². The molecule has 0 aliphatic heterocycles. The molecule has 6 heterocycles. The number of thioether (sulfide) groups is 5. The summed E-state index contributed by atoms with van der Waals surface area (Å²) < 4.78 is 63.1. The van der Waals surface area contributed by atoms with Gasteiger partial charge in [0.05, 0.1) is 31.1 Å². The number of aliphatic hydroxyl groups excluding tert-OH is 1. The van der Waals surface area contributed by atoms with Crippen molar-refractivity contribution >= 4 is 146 Å². The van der Waals surface area contributed by atoms with E-state index in [9.17, 15) is 41.8 Å². The van der Waals surface area contributed by atoms with E-state index >= 15 is 0 Å². The van der Waals surface area contributed by atoms with Gasteiger partial charge in [0.2, 0.25) is 0 Å². The average Bonchev–Trinajstić information content (AvgIpc) is 0.758. The Morgan fingerprint density at radius 2 is 0.939 bits per heavy atom. The van der Waals surface area contributed by atoms with Gasteiger partial charge in [-0.15, -0.1) is 0 Å². The van der Waals surface area contributed by atoms with Crippen LogP contribution in [0.3, 0.4) is 0 Å². The maximum absolute atomic E-state index is 13.4. The molecule has 98 heavy (non-hydrogen) atoms. The van der Waals surface area contributed by atoms with Crippen LogP contribution in [0.25, 0.3) is 27.8 Å². The molecule has 6 aromatic heterocycles. The number of pyridine rings is 1. The molecule has 0 spiro atoms. The molecular weight excluding hydrogens is 1410 g/mol. The zero-order valence-corrected chi connectivity index (χ0v) is 58.4. The van der Waals surface area contributed by atoms with Crippen LogP contribution in [-0.4, -0.2) is 122 Å². The van der Waals surface area contributed by atoms with Crippen molar-refractivity contribution in [3.63, 3.8) is 0 Å². The summed E-state index contributed by atoms with van der Waals surface area (Å²) in [4.78, 5) is 88.9. The first-order valence-corrected chi connectivity index (χ1v) is 35.5. The largest absolute Gasteiger partial charge is 0.462 e. The van der Waals surface area contributed by atoms with Crippen LogP contribution in [0.15, 0.2) is 189 Å². The molecule has 0 amide bonds. The molecule has 0 saturated carbocycles. The number of esters is 2. The van der Waals surface area contributed by atoms with Crippen LogP contribution in [0.1, 0.15) is 50.5 Å². The number of halogens is 6. The Labute approximate surface area is 590 Å². The molecule has 0 fully saturated rings. The van der Waals surface area contributed by atoms with Gasteiger partial charge in [-0.25, -0.2) is 77.0 Å². The standard InChI is InChI=1S/C20H13ClFN3OS.C14H14FN3O2S.C12H12FN3OS.C12H10FN3OS.C8H9ClN2O2S/c1-27-20-23-11-12-10-16(15-4-2-3-5-17(15)21)19(26)25(18(12)24-20)14-8-6-13(22)7-9-14;1-3-20-13(19)11-8-16-14(21-2)18-12(11)17-10-6-4-9(15)5-7-10;2*1-18-12-14-6-8(7-17)11(16-12)15-10-4-2-9(13)3-5-10;1-3-13-7(12)5-4-10-8(14-2)11-6(5)9/h2-11H,1H3;4-8H,3H2,1-2H3,(H,16,17,18);2-6,17H,7H2,1H3,(H,14,15,16);2-7H,1H3,(H,14,15,16);4H,3H2,1-2H3. The normalized spacial score (nSPS) is 10.4. The molecule has 0 aliphatic rings. The molecule has 4 N–H and O–H groups in total. The Balaban J connectivity index is 0.000000175. The average molecular weight is 1470 g/mol. The van der Waals surface area contributed by atoms with E-state index in [1.54, 1.807) is 99.0 Å². The topological polar surface area (TPSA) is 277 Å². The predicted octanol–water partition coefficient (Wildman–Crippen LogP) is 15.7. The minimum absolute atomic E-state index is 0.128. The summed E-state index contributed by atoms with van der Waals surface area (Å²) in [5.41, 5.74) is 5.11. The van der Waals surface area contributed by atoms with E-state index < -0.39 is 11.9 Å². The number of fused-ring (bicyclic) bond motifs is 1. The Bertz CT molecular complexity index is 4570. The zero-order valence-electron chi connectivity index (χ0n) is 52.8. The van der Waals surface area contributed by atoms with E-state index in [-0.39, 0.29) is 58.3 Å². The van der Waals surface area contributed by atoms with Crippen LogP contribution in [0, 0.1) is 23.3 Å². The summed E-state index contributed by atoms with van der Waals surface area (Å²) in [6, 6.07) is 32.1. The second-order valence-corrected chi connectivity index (χ2v) is 23.6. The number of hydrogen-bond acceptors (Lipinski definition) is 25. The molecule has 0 radical (unpaired) electrons. The maximum atomic E-state index is 13.4. The number of carbonyl (C=O) groups excluding carboxylic acids is 3. The second-order valence-electron chi connectivity index (χ2n) is 19.0. The summed E-state index contributed by atoms with van der Waals surface area (Å²) in [6.07, 6.45) is 17.4. The monoisotopic (exact) mass is 1460 g/mol. The summed E-state index contributed by atoms with van der Waals surface area (Å²) in [5, 5.41) is 22.2. The van der Waals surface area contributed by atoms with Gasteiger partial charge in [-0.3, -0.25) is 14.2 Å². The van der Waals surface area contributed by atoms with Crippen molar-refractivity contribution in [3.8, 4) is 16.8 Å². The number of hydrogen-bond donors (Lipinski definition) is 4. The molecular formula is C66H58Cl2F4N14O7S5. The summed E-state index contributed by atoms with van der Waals surface area (Å²) in [7, 11) is 0. The van der Waals surface area contributed by atoms with Gasteiger partial charge in [-0.2, -0.15) is 0 Å². The molecule has 11 rings (SSSR count). The number of ether oxygens (including phenoxy) is 2. The molecule has 0 saturated heterocycles. The van der Waals surface area contributed by atoms with Gasteiger partial charge in [0.15, 0.2) is 37.7 Å². The molecule has 0 atom stereocenters. The minimum Gasteiger partial charge on any atom is -0.462 e. The van der Waals surface area contributed by atoms with Crippen molar-refractivity contribution in [2.24, 2.45) is 0 Å². The Morgan fingerprint density at radius 3 is 1.43 bits per heavy atom. The molecule has 0 bridgehead atoms. The third kappa shape index (κ3) is 21.9. The van der Waals surface area contributed by atoms with E-state index in [2.05, 4.69) is 65.8 Å². The summed E-state index contributed by atoms with van der Waals surface area (Å²) in [6.45, 7) is 3.86. The van der Waals surface area contributed by atoms with Gasteiger partial charge in [-0.1, -0.05) is 100 Å². The Morgan fingerprint density at radius 1 is 0.520 bits per heavy atom. The predicted molar refractivity (Wildman–Crippen MR) is 380 cm³/mol. The lowest BCUT2D eigenvalue weighted by atomic mass is 10.1. The van der Waals surface area contributed by atoms with Gasteiger partial charge < -0.3 is 30.5 Å². The first kappa shape index (κ1) is 76.1. The summed E-state index contributed by atoms with van der Waals surface area (Å²) >= 11 is 19.0. The highest BCUT2D eigenvalue weighted by Crippen LogP contribution is 2.30. The first-order chi connectivity index (χ1) is 47.3. The van der Waals surface area contributed by atoms with E-state index in [4.69, 9.17) is 32.7 Å². The zero-order chi connectivity index (χ0) is 70.7. The summed E-state index contributed by atoms with van der Waals surface area (Å²) in [5.74, 6) is -1.05. The van der Waals surface area contributed by atoms with Crippen LogP contribution in [0.4, 0.5) is 52.1 Å². The fourth-order valence-electron chi connectivity index (χ4n) is 7.97. The Kier molecular flexibility index (Phi) is 30.0. The van der Waals surface area contributed by atoms with Crippen LogP contribution in [0.2, 0.25) is 10.2 Å². The highest BCUT2D eigenvalue weighted by molar-refractivity contribution is 7.99. The molecule has 0 unspecified atom stereocenters. The highest BCUT2D eigenvalue weighted by atomic mass is 35.5. The third-order valence-electron chi connectivity index (χ3n) is 12.6. The first-order valence-electron chi connectivity index (χ1n) is 28.6. The quantitative estimate of drug-likeness (QED) is 0.0146. The van der Waals surface area contributed by atoms with Gasteiger partial charge in [-0.05, 0) is 154 Å². The number of nitrogens with one attached hydrogen (secondary N) is 3. The van der Waals surface area contributed by atoms with Crippen molar-refractivity contribution in [1.82, 2.24) is 54.4 Å². The molecule has 506 valence electrons. The van der Waals surface area contributed by atoms with Crippen molar-refractivity contribution in [3.05, 3.63) is 224 Å². The molecule has 32 heteroatoms. The molecule has 5 aromatic carbocycles. The number of benzene rings is 5. The van der Waals surface area contributed by atoms with Gasteiger partial charge in [0.1, 0.15) is 57.0 Å². The van der Waals surface area contributed by atoms with Gasteiger partial charge >= 0.3 is 11.9 Å². The second kappa shape index (κ2) is 38.6. The number of aliphatic hydroxyl groups is 1. The molecule has 11 aromatic rings. The van der Waals surface area contributed by atoms with Crippen molar-refractivity contribution < 1.29 is 46.5 Å². The lowest BCUT2D eigenvalue weighted by molar-refractivity contribution is 0.0516. The number of rotatable bonds is 19. The van der Waals surface area contributed by atoms with Crippen LogP contribution >= 0.6 is 82.0 Å². The van der Waals surface area contributed by atoms with E-state index in [1.807, 2.05) is 37.3 Å². The lowest BCUT2D eigenvalue weighted by Crippen LogP contribution is -2.21. The van der Waals surface area contributed by atoms with Crippen molar-refractivity contribution in [2.45, 2.75) is 46.2 Å². The minimum atomic E-state index is -0.505. The molecule has 21 nitrogen and oxygen atoms in total. The maximum Gasteiger partial charge on any atom is 0.343 e. The number of carbonyl (C=O) groups is 3. The number of nitrogens with zero attached hydrogens (tertiary/aromatic N) is 11. The SMILES string of the molecule is CCOC(=O)c1cnc(SC)nc1Cl.CCOC(=O)c1cnc(SC)nc1Nc1ccc(F)cc1.CSc1ncc(C=O)c(Nc2ccc(F)cc2)n1.CSc1ncc(CO)c(Nc2ccc(F)cc2)n1.CSc1ncc2cc(-c3ccccc3Cl)c(=O)n(-c3ccc(F)cc3)c2n1. The van der Waals surface area contributed by atoms with Crippen molar-refractivity contribution in [2.75, 3.05) is 60.4 Å². The van der Waals surface area contributed by atoms with Crippen LogP contribution in [-0.2, 0) is 16.1 Å². The van der Waals surface area contributed by atoms with Crippen LogP contribution < -0.4 is 21.5 Å². The number of aromatic nitrogens is 11. The third-order valence-corrected chi connectivity index (χ3v) is 16.0.